The monoisotopic (exact) mass is 365 g/mol. The van der Waals surface area contributed by atoms with Gasteiger partial charge in [0.25, 0.3) is 0 Å². The number of nitrogens with zero attached hydrogens (tertiary/aromatic N) is 3. The molecule has 4 nitrogen and oxygen atoms in total. The number of aromatic nitrogens is 2. The minimum absolute atomic E-state index is 0.130. The molecule has 0 amide bonds. The van der Waals surface area contributed by atoms with Crippen molar-refractivity contribution in [1.29, 1.82) is 0 Å². The van der Waals surface area contributed by atoms with Crippen LogP contribution in [0.2, 0.25) is 0 Å². The van der Waals surface area contributed by atoms with E-state index in [9.17, 15) is 0 Å². The third-order valence-electron chi connectivity index (χ3n) is 4.20. The maximum Gasteiger partial charge on any atom is 0.108 e. The summed E-state index contributed by atoms with van der Waals surface area (Å²) in [5.74, 6) is 0. The molecule has 3 rings (SSSR count). The molecular formula is C21H23N3OS. The van der Waals surface area contributed by atoms with Crippen LogP contribution in [0.4, 0.5) is 0 Å². The van der Waals surface area contributed by atoms with Gasteiger partial charge in [-0.3, -0.25) is 4.68 Å². The molecule has 3 aromatic rings. The SMILES string of the molecule is Cn1nc(-c2ccccc2)c(C=NO)c1Sc1ccc(C(C)(C)C)cc1. The van der Waals surface area contributed by atoms with Crippen LogP contribution in [-0.2, 0) is 12.5 Å². The second-order valence-electron chi connectivity index (χ2n) is 7.18. The molecule has 1 N–H and O–H groups in total. The fraction of sp³-hybridized carbons (Fsp3) is 0.238. The van der Waals surface area contributed by atoms with Gasteiger partial charge in [0, 0.05) is 17.5 Å². The molecule has 1 aromatic heterocycles. The first kappa shape index (κ1) is 18.3. The van der Waals surface area contributed by atoms with Crippen LogP contribution in [0.3, 0.4) is 0 Å². The first-order valence-corrected chi connectivity index (χ1v) is 9.30. The van der Waals surface area contributed by atoms with Crippen LogP contribution >= 0.6 is 11.8 Å². The Morgan fingerprint density at radius 3 is 2.27 bits per heavy atom. The van der Waals surface area contributed by atoms with Crippen molar-refractivity contribution >= 4 is 18.0 Å². The average Bonchev–Trinajstić information content (AvgIpc) is 2.92. The number of hydrogen-bond donors (Lipinski definition) is 1. The summed E-state index contributed by atoms with van der Waals surface area (Å²) >= 11 is 1.61. The Bertz CT molecular complexity index is 907. The van der Waals surface area contributed by atoms with E-state index in [0.29, 0.717) is 0 Å². The van der Waals surface area contributed by atoms with Gasteiger partial charge in [-0.25, -0.2) is 0 Å². The Morgan fingerprint density at radius 2 is 1.69 bits per heavy atom. The van der Waals surface area contributed by atoms with E-state index in [4.69, 9.17) is 5.21 Å². The van der Waals surface area contributed by atoms with Crippen molar-refractivity contribution in [2.75, 3.05) is 0 Å². The Labute approximate surface area is 158 Å². The van der Waals surface area contributed by atoms with Crippen LogP contribution in [0, 0.1) is 0 Å². The Balaban J connectivity index is 1.99. The highest BCUT2D eigenvalue weighted by Gasteiger charge is 2.18. The maximum absolute atomic E-state index is 9.14. The molecular weight excluding hydrogens is 342 g/mol. The molecule has 0 saturated heterocycles. The lowest BCUT2D eigenvalue weighted by Crippen LogP contribution is -2.10. The van der Waals surface area contributed by atoms with Crippen LogP contribution in [0.1, 0.15) is 31.9 Å². The molecule has 0 spiro atoms. The molecule has 0 atom stereocenters. The van der Waals surface area contributed by atoms with Gasteiger partial charge in [-0.1, -0.05) is 80.2 Å². The normalized spacial score (nSPS) is 12.0. The number of hydrogen-bond acceptors (Lipinski definition) is 4. The molecule has 1 heterocycles. The molecule has 0 aliphatic carbocycles. The largest absolute Gasteiger partial charge is 0.411 e. The molecule has 0 bridgehead atoms. The number of aryl methyl sites for hydroxylation is 1. The van der Waals surface area contributed by atoms with Gasteiger partial charge < -0.3 is 5.21 Å². The highest BCUT2D eigenvalue weighted by Crippen LogP contribution is 2.35. The van der Waals surface area contributed by atoms with Crippen molar-refractivity contribution in [3.63, 3.8) is 0 Å². The summed E-state index contributed by atoms with van der Waals surface area (Å²) in [5, 5.41) is 18.0. The van der Waals surface area contributed by atoms with E-state index in [2.05, 4.69) is 55.3 Å². The molecule has 5 heteroatoms. The van der Waals surface area contributed by atoms with Gasteiger partial charge in [-0.2, -0.15) is 5.10 Å². The fourth-order valence-corrected chi connectivity index (χ4v) is 3.69. The lowest BCUT2D eigenvalue weighted by molar-refractivity contribution is 0.321. The summed E-state index contributed by atoms with van der Waals surface area (Å²) < 4.78 is 1.84. The van der Waals surface area contributed by atoms with Crippen LogP contribution < -0.4 is 0 Å². The van der Waals surface area contributed by atoms with E-state index < -0.39 is 0 Å². The second-order valence-corrected chi connectivity index (χ2v) is 8.24. The molecule has 134 valence electrons. The van der Waals surface area contributed by atoms with E-state index in [0.717, 1.165) is 26.7 Å². The number of benzene rings is 2. The minimum Gasteiger partial charge on any atom is -0.411 e. The lowest BCUT2D eigenvalue weighted by Gasteiger charge is -2.19. The Hall–Kier alpha value is -2.53. The van der Waals surface area contributed by atoms with Crippen molar-refractivity contribution in [3.05, 3.63) is 65.7 Å². The van der Waals surface area contributed by atoms with Crippen LogP contribution in [0.15, 0.2) is 69.7 Å². The van der Waals surface area contributed by atoms with E-state index in [1.54, 1.807) is 11.8 Å². The molecule has 26 heavy (non-hydrogen) atoms. The summed E-state index contributed by atoms with van der Waals surface area (Å²) in [7, 11) is 1.91. The minimum atomic E-state index is 0.130. The van der Waals surface area contributed by atoms with Gasteiger partial charge in [-0.05, 0) is 23.1 Å². The zero-order valence-electron chi connectivity index (χ0n) is 15.5. The zero-order valence-corrected chi connectivity index (χ0v) is 16.3. The standard InChI is InChI=1S/C21H23N3OS/c1-21(2,3)16-10-12-17(13-11-16)26-20-18(14-22-25)19(23-24(20)4)15-8-6-5-7-9-15/h5-14,25H,1-4H3. The van der Waals surface area contributed by atoms with Crippen molar-refractivity contribution in [3.8, 4) is 11.3 Å². The van der Waals surface area contributed by atoms with Crippen LogP contribution in [0.25, 0.3) is 11.3 Å². The molecule has 0 unspecified atom stereocenters. The third-order valence-corrected chi connectivity index (χ3v) is 5.38. The van der Waals surface area contributed by atoms with E-state index in [1.165, 1.54) is 11.8 Å². The number of rotatable bonds is 4. The molecule has 0 aliphatic rings. The smallest absolute Gasteiger partial charge is 0.108 e. The summed E-state index contributed by atoms with van der Waals surface area (Å²) in [5.41, 5.74) is 4.04. The molecule has 0 fully saturated rings. The van der Waals surface area contributed by atoms with Gasteiger partial charge in [0.2, 0.25) is 0 Å². The quantitative estimate of drug-likeness (QED) is 0.385. The predicted molar refractivity (Wildman–Crippen MR) is 107 cm³/mol. The summed E-state index contributed by atoms with van der Waals surface area (Å²) in [6.07, 6.45) is 1.46. The first-order chi connectivity index (χ1) is 12.4. The fourth-order valence-electron chi connectivity index (χ4n) is 2.76. The van der Waals surface area contributed by atoms with Crippen LogP contribution in [0.5, 0.6) is 0 Å². The van der Waals surface area contributed by atoms with Crippen molar-refractivity contribution < 1.29 is 5.21 Å². The van der Waals surface area contributed by atoms with Gasteiger partial charge in [0.1, 0.15) is 10.7 Å². The molecule has 0 saturated carbocycles. The lowest BCUT2D eigenvalue weighted by atomic mass is 9.87. The molecule has 2 aromatic carbocycles. The van der Waals surface area contributed by atoms with Crippen molar-refractivity contribution in [2.45, 2.75) is 36.1 Å². The van der Waals surface area contributed by atoms with Gasteiger partial charge in [-0.15, -0.1) is 0 Å². The van der Waals surface area contributed by atoms with E-state index in [1.807, 2.05) is 42.1 Å². The predicted octanol–water partition coefficient (Wildman–Crippen LogP) is 5.34. The van der Waals surface area contributed by atoms with Gasteiger partial charge in [0.05, 0.1) is 11.8 Å². The average molecular weight is 366 g/mol. The summed E-state index contributed by atoms with van der Waals surface area (Å²) in [4.78, 5) is 1.12. The van der Waals surface area contributed by atoms with Crippen molar-refractivity contribution in [2.24, 2.45) is 12.2 Å². The second kappa shape index (κ2) is 7.38. The summed E-state index contributed by atoms with van der Waals surface area (Å²) in [6, 6.07) is 18.5. The van der Waals surface area contributed by atoms with Gasteiger partial charge >= 0.3 is 0 Å². The Kier molecular flexibility index (Phi) is 5.18. The first-order valence-electron chi connectivity index (χ1n) is 8.48. The van der Waals surface area contributed by atoms with E-state index in [-0.39, 0.29) is 5.41 Å². The van der Waals surface area contributed by atoms with E-state index >= 15 is 0 Å². The maximum atomic E-state index is 9.14. The zero-order chi connectivity index (χ0) is 18.7. The Morgan fingerprint density at radius 1 is 1.04 bits per heavy atom. The third kappa shape index (κ3) is 3.83. The highest BCUT2D eigenvalue weighted by atomic mass is 32.2. The van der Waals surface area contributed by atoms with Gasteiger partial charge in [0.15, 0.2) is 0 Å². The van der Waals surface area contributed by atoms with Crippen LogP contribution in [-0.4, -0.2) is 21.2 Å². The molecule has 0 radical (unpaired) electrons. The number of oxime groups is 1. The van der Waals surface area contributed by atoms with Crippen molar-refractivity contribution in [1.82, 2.24) is 9.78 Å². The topological polar surface area (TPSA) is 50.4 Å². The summed E-state index contributed by atoms with van der Waals surface area (Å²) in [6.45, 7) is 6.62. The highest BCUT2D eigenvalue weighted by molar-refractivity contribution is 7.99. The molecule has 0 aliphatic heterocycles.